The number of halogens is 8. The number of hydrazone groups is 1. The number of nitrogens with one attached hydrogen (secondary N) is 1. The van der Waals surface area contributed by atoms with Crippen molar-refractivity contribution in [1.82, 2.24) is 5.43 Å². The van der Waals surface area contributed by atoms with Gasteiger partial charge >= 0.3 is 18.1 Å². The number of hydrogen-bond donors (Lipinski definition) is 1. The van der Waals surface area contributed by atoms with E-state index in [9.17, 15) is 30.7 Å². The number of hydrogen-bond acceptors (Lipinski definition) is 4. The van der Waals surface area contributed by atoms with Crippen molar-refractivity contribution >= 4 is 17.8 Å². The molecule has 0 amide bonds. The molecule has 1 rings (SSSR count). The lowest BCUT2D eigenvalue weighted by Gasteiger charge is -2.27. The lowest BCUT2D eigenvalue weighted by Crippen LogP contribution is -2.58. The molecule has 0 saturated heterocycles. The van der Waals surface area contributed by atoms with Crippen LogP contribution in [-0.2, 0) is 0 Å². The van der Waals surface area contributed by atoms with Crippen LogP contribution < -0.4 is 14.9 Å². The standard InChI is InChI=1S/C15H16ClF7N2O2/c1-8(2)7-27-12-10(16)4-9(5-11(12)26-3)6-24-25-15(22,23)13(17,18)14(19,20)21/h4-6,8,25H,7H2,1-3H3/b24-6+. The van der Waals surface area contributed by atoms with Gasteiger partial charge in [-0.2, -0.15) is 35.8 Å². The predicted octanol–water partition coefficient (Wildman–Crippen LogP) is 5.10. The summed E-state index contributed by atoms with van der Waals surface area (Å²) in [7, 11) is 1.27. The van der Waals surface area contributed by atoms with Crippen LogP contribution in [0.4, 0.5) is 30.7 Å². The third-order valence-corrected chi connectivity index (χ3v) is 3.26. The minimum absolute atomic E-state index is 0.00355. The Hall–Kier alpha value is -1.91. The maximum Gasteiger partial charge on any atom is 0.462 e. The van der Waals surface area contributed by atoms with Crippen molar-refractivity contribution < 1.29 is 40.2 Å². The minimum atomic E-state index is -6.46. The summed E-state index contributed by atoms with van der Waals surface area (Å²) in [5, 5.41) is 2.76. The van der Waals surface area contributed by atoms with Crippen molar-refractivity contribution in [1.29, 1.82) is 0 Å². The zero-order chi connectivity index (χ0) is 21.0. The Bertz CT molecular complexity index is 679. The molecule has 0 atom stereocenters. The van der Waals surface area contributed by atoms with E-state index in [4.69, 9.17) is 21.1 Å². The summed E-state index contributed by atoms with van der Waals surface area (Å²) in [6.07, 6.45) is -5.87. The van der Waals surface area contributed by atoms with Gasteiger partial charge in [-0.1, -0.05) is 25.4 Å². The van der Waals surface area contributed by atoms with Gasteiger partial charge in [0, 0.05) is 0 Å². The van der Waals surface area contributed by atoms with E-state index in [1.165, 1.54) is 19.2 Å². The smallest absolute Gasteiger partial charge is 0.462 e. The largest absolute Gasteiger partial charge is 0.493 e. The molecule has 0 saturated carbocycles. The van der Waals surface area contributed by atoms with Crippen molar-refractivity contribution in [2.45, 2.75) is 32.0 Å². The summed E-state index contributed by atoms with van der Waals surface area (Å²) in [5.41, 5.74) is 0.510. The van der Waals surface area contributed by atoms with Crippen LogP contribution in [0.2, 0.25) is 5.02 Å². The highest BCUT2D eigenvalue weighted by molar-refractivity contribution is 6.32. The highest BCUT2D eigenvalue weighted by atomic mass is 35.5. The molecule has 12 heteroatoms. The van der Waals surface area contributed by atoms with Gasteiger partial charge < -0.3 is 9.47 Å². The van der Waals surface area contributed by atoms with Crippen LogP contribution in [0.1, 0.15) is 19.4 Å². The maximum absolute atomic E-state index is 13.1. The number of rotatable bonds is 8. The zero-order valence-corrected chi connectivity index (χ0v) is 15.1. The van der Waals surface area contributed by atoms with Gasteiger partial charge in [-0.3, -0.25) is 0 Å². The Morgan fingerprint density at radius 3 is 2.22 bits per heavy atom. The van der Waals surface area contributed by atoms with Gasteiger partial charge in [0.1, 0.15) is 0 Å². The van der Waals surface area contributed by atoms with Crippen LogP contribution in [0.3, 0.4) is 0 Å². The fourth-order valence-corrected chi connectivity index (χ4v) is 1.91. The average Bonchev–Trinajstić information content (AvgIpc) is 2.51. The van der Waals surface area contributed by atoms with Gasteiger partial charge in [-0.25, -0.2) is 5.43 Å². The first-order valence-electron chi connectivity index (χ1n) is 7.36. The van der Waals surface area contributed by atoms with Gasteiger partial charge in [-0.05, 0) is 23.6 Å². The second kappa shape index (κ2) is 8.41. The highest BCUT2D eigenvalue weighted by Gasteiger charge is 2.73. The molecular weight excluding hydrogens is 409 g/mol. The predicted molar refractivity (Wildman–Crippen MR) is 85.0 cm³/mol. The first-order valence-corrected chi connectivity index (χ1v) is 7.73. The van der Waals surface area contributed by atoms with Crippen LogP contribution in [0, 0.1) is 5.92 Å². The SMILES string of the molecule is COc1cc(/C=N/NC(F)(F)C(F)(F)C(F)(F)F)cc(Cl)c1OCC(C)C. The van der Waals surface area contributed by atoms with Crippen LogP contribution in [0.15, 0.2) is 17.2 Å². The molecule has 0 unspecified atom stereocenters. The van der Waals surface area contributed by atoms with Gasteiger partial charge in [-0.15, -0.1) is 0 Å². The van der Waals surface area contributed by atoms with E-state index in [-0.39, 0.29) is 28.0 Å². The van der Waals surface area contributed by atoms with Crippen molar-refractivity contribution in [2.24, 2.45) is 11.0 Å². The van der Waals surface area contributed by atoms with E-state index in [1.807, 2.05) is 13.8 Å². The average molecular weight is 425 g/mol. The highest BCUT2D eigenvalue weighted by Crippen LogP contribution is 2.45. The first-order chi connectivity index (χ1) is 12.2. The first kappa shape index (κ1) is 23.1. The van der Waals surface area contributed by atoms with E-state index >= 15 is 0 Å². The number of nitrogens with zero attached hydrogens (tertiary/aromatic N) is 1. The zero-order valence-electron chi connectivity index (χ0n) is 14.3. The van der Waals surface area contributed by atoms with Crippen molar-refractivity contribution in [3.63, 3.8) is 0 Å². The molecular formula is C15H16ClF7N2O2. The Labute approximate surface area is 155 Å². The molecule has 154 valence electrons. The van der Waals surface area contributed by atoms with Crippen LogP contribution >= 0.6 is 11.6 Å². The van der Waals surface area contributed by atoms with Crippen molar-refractivity contribution in [2.75, 3.05) is 13.7 Å². The molecule has 0 aliphatic rings. The lowest BCUT2D eigenvalue weighted by atomic mass is 10.2. The molecule has 0 aromatic heterocycles. The summed E-state index contributed by atoms with van der Waals surface area (Å²) in [4.78, 5) is 0. The van der Waals surface area contributed by atoms with E-state index in [2.05, 4.69) is 5.10 Å². The Morgan fingerprint density at radius 1 is 1.15 bits per heavy atom. The maximum atomic E-state index is 13.1. The van der Waals surface area contributed by atoms with Gasteiger partial charge in [0.2, 0.25) is 0 Å². The van der Waals surface area contributed by atoms with E-state index in [0.29, 0.717) is 18.2 Å². The topological polar surface area (TPSA) is 42.8 Å². The monoisotopic (exact) mass is 424 g/mol. The molecule has 0 fully saturated rings. The second-order valence-electron chi connectivity index (χ2n) is 5.76. The van der Waals surface area contributed by atoms with Crippen LogP contribution in [0.25, 0.3) is 0 Å². The summed E-state index contributed by atoms with van der Waals surface area (Å²) in [5.74, 6) is -5.90. The Morgan fingerprint density at radius 2 is 1.74 bits per heavy atom. The van der Waals surface area contributed by atoms with Crippen LogP contribution in [0.5, 0.6) is 11.5 Å². The number of benzene rings is 1. The minimum Gasteiger partial charge on any atom is -0.493 e. The number of ether oxygens (including phenoxy) is 2. The molecule has 27 heavy (non-hydrogen) atoms. The molecule has 0 radical (unpaired) electrons. The molecule has 1 N–H and O–H groups in total. The molecule has 0 aliphatic carbocycles. The summed E-state index contributed by atoms with van der Waals surface area (Å²) < 4.78 is 98.3. The Balaban J connectivity index is 3.01. The second-order valence-corrected chi connectivity index (χ2v) is 6.16. The van der Waals surface area contributed by atoms with Gasteiger partial charge in [0.05, 0.1) is 25.0 Å². The molecule has 0 spiro atoms. The number of alkyl halides is 7. The Kier molecular flexibility index (Phi) is 7.20. The van der Waals surface area contributed by atoms with E-state index in [1.54, 1.807) is 0 Å². The molecule has 4 nitrogen and oxygen atoms in total. The van der Waals surface area contributed by atoms with Crippen molar-refractivity contribution in [3.05, 3.63) is 22.7 Å². The third kappa shape index (κ3) is 5.53. The normalized spacial score (nSPS) is 13.3. The third-order valence-electron chi connectivity index (χ3n) is 2.98. The van der Waals surface area contributed by atoms with Gasteiger partial charge in [0.25, 0.3) is 0 Å². The van der Waals surface area contributed by atoms with E-state index in [0.717, 1.165) is 0 Å². The number of methoxy groups -OCH3 is 1. The molecule has 0 heterocycles. The molecule has 1 aromatic rings. The summed E-state index contributed by atoms with van der Waals surface area (Å²) in [6.45, 7) is 4.05. The quantitative estimate of drug-likeness (QED) is 0.273. The van der Waals surface area contributed by atoms with Gasteiger partial charge in [0.15, 0.2) is 11.5 Å². The summed E-state index contributed by atoms with van der Waals surface area (Å²) in [6, 6.07) is -3.24. The fourth-order valence-electron chi connectivity index (χ4n) is 1.64. The molecule has 0 bridgehead atoms. The van der Waals surface area contributed by atoms with Crippen molar-refractivity contribution in [3.8, 4) is 11.5 Å². The summed E-state index contributed by atoms with van der Waals surface area (Å²) >= 11 is 5.99. The molecule has 1 aromatic carbocycles. The van der Waals surface area contributed by atoms with E-state index < -0.39 is 18.1 Å². The lowest BCUT2D eigenvalue weighted by molar-refractivity contribution is -0.361. The van der Waals surface area contributed by atoms with Crippen LogP contribution in [-0.4, -0.2) is 38.1 Å². The fraction of sp³-hybridized carbons (Fsp3) is 0.533. The molecule has 0 aliphatic heterocycles.